The molecule has 1 aromatic heterocycles. The number of aromatic nitrogens is 1. The van der Waals surface area contributed by atoms with Crippen molar-refractivity contribution in [3.8, 4) is 0 Å². The number of alkyl halides is 1. The van der Waals surface area contributed by atoms with E-state index in [-0.39, 0.29) is 0 Å². The van der Waals surface area contributed by atoms with Crippen LogP contribution in [0.15, 0.2) is 12.1 Å². The molecule has 0 aliphatic carbocycles. The van der Waals surface area contributed by atoms with Gasteiger partial charge >= 0.3 is 0 Å². The molecule has 1 aliphatic heterocycles. The molecule has 0 N–H and O–H groups in total. The van der Waals surface area contributed by atoms with Crippen LogP contribution >= 0.6 is 11.6 Å². The Balaban J connectivity index is 2.03. The minimum atomic E-state index is 0.552. The zero-order valence-electron chi connectivity index (χ0n) is 11.5. The number of pyridine rings is 1. The van der Waals surface area contributed by atoms with Crippen molar-refractivity contribution in [2.45, 2.75) is 19.2 Å². The Kier molecular flexibility index (Phi) is 4.46. The molecular weight excluding hydrogens is 246 g/mol. The summed E-state index contributed by atoms with van der Waals surface area (Å²) in [5.74, 6) is 2.35. The van der Waals surface area contributed by atoms with Crippen molar-refractivity contribution in [2.75, 3.05) is 38.6 Å². The van der Waals surface area contributed by atoms with Crippen molar-refractivity contribution in [3.63, 3.8) is 0 Å². The molecular formula is C14H22ClN3. The summed E-state index contributed by atoms with van der Waals surface area (Å²) in [6.45, 7) is 5.50. The highest BCUT2D eigenvalue weighted by atomic mass is 35.5. The molecule has 0 spiro atoms. The third-order valence-electron chi connectivity index (χ3n) is 3.57. The number of rotatable bonds is 4. The molecule has 1 aliphatic rings. The van der Waals surface area contributed by atoms with Gasteiger partial charge in [0, 0.05) is 31.7 Å². The summed E-state index contributed by atoms with van der Waals surface area (Å²) in [6, 6.07) is 4.15. The summed E-state index contributed by atoms with van der Waals surface area (Å²) in [7, 11) is 4.31. The fourth-order valence-corrected chi connectivity index (χ4v) is 2.80. The highest BCUT2D eigenvalue weighted by Crippen LogP contribution is 2.20. The lowest BCUT2D eigenvalue weighted by Gasteiger charge is -2.23. The van der Waals surface area contributed by atoms with E-state index in [9.17, 15) is 0 Å². The maximum atomic E-state index is 5.91. The molecule has 2 rings (SSSR count). The SMILES string of the molecule is Cc1cc(CCl)cc(N(C)CC2CCN(C)C2)n1. The smallest absolute Gasteiger partial charge is 0.128 e. The quantitative estimate of drug-likeness (QED) is 0.782. The average Bonchev–Trinajstić information content (AvgIpc) is 2.73. The third kappa shape index (κ3) is 3.36. The molecule has 0 amide bonds. The predicted octanol–water partition coefficient (Wildman–Crippen LogP) is 2.52. The van der Waals surface area contributed by atoms with Gasteiger partial charge < -0.3 is 9.80 Å². The summed E-state index contributed by atoms with van der Waals surface area (Å²) in [4.78, 5) is 9.25. The second-order valence-corrected chi connectivity index (χ2v) is 5.67. The first kappa shape index (κ1) is 13.6. The van der Waals surface area contributed by atoms with Gasteiger partial charge in [0.25, 0.3) is 0 Å². The molecule has 1 unspecified atom stereocenters. The second-order valence-electron chi connectivity index (χ2n) is 5.41. The van der Waals surface area contributed by atoms with Crippen LogP contribution in [0.3, 0.4) is 0 Å². The van der Waals surface area contributed by atoms with E-state index < -0.39 is 0 Å². The highest BCUT2D eigenvalue weighted by molar-refractivity contribution is 6.17. The molecule has 1 saturated heterocycles. The lowest BCUT2D eigenvalue weighted by Crippen LogP contribution is -2.28. The maximum absolute atomic E-state index is 5.91. The first-order chi connectivity index (χ1) is 8.58. The minimum Gasteiger partial charge on any atom is -0.359 e. The Morgan fingerprint density at radius 3 is 2.89 bits per heavy atom. The van der Waals surface area contributed by atoms with E-state index in [2.05, 4.69) is 34.9 Å². The average molecular weight is 268 g/mol. The topological polar surface area (TPSA) is 19.4 Å². The van der Waals surface area contributed by atoms with Crippen LogP contribution in [0.4, 0.5) is 5.82 Å². The van der Waals surface area contributed by atoms with Gasteiger partial charge in [-0.1, -0.05) is 0 Å². The summed E-state index contributed by atoms with van der Waals surface area (Å²) in [6.07, 6.45) is 1.29. The third-order valence-corrected chi connectivity index (χ3v) is 3.87. The van der Waals surface area contributed by atoms with Crippen LogP contribution in [-0.2, 0) is 5.88 Å². The lowest BCUT2D eigenvalue weighted by molar-refractivity contribution is 0.395. The molecule has 4 heteroatoms. The van der Waals surface area contributed by atoms with Crippen molar-refractivity contribution < 1.29 is 0 Å². The van der Waals surface area contributed by atoms with Gasteiger partial charge in [-0.3, -0.25) is 0 Å². The fourth-order valence-electron chi connectivity index (χ4n) is 2.65. The van der Waals surface area contributed by atoms with E-state index in [1.54, 1.807) is 0 Å². The van der Waals surface area contributed by atoms with Gasteiger partial charge in [0.2, 0.25) is 0 Å². The van der Waals surface area contributed by atoms with Gasteiger partial charge in [-0.15, -0.1) is 11.6 Å². The van der Waals surface area contributed by atoms with Crippen molar-refractivity contribution in [1.82, 2.24) is 9.88 Å². The molecule has 18 heavy (non-hydrogen) atoms. The Morgan fingerprint density at radius 1 is 1.50 bits per heavy atom. The van der Waals surface area contributed by atoms with E-state index in [1.165, 1.54) is 19.5 Å². The first-order valence-electron chi connectivity index (χ1n) is 6.51. The highest BCUT2D eigenvalue weighted by Gasteiger charge is 2.21. The van der Waals surface area contributed by atoms with Crippen molar-refractivity contribution in [2.24, 2.45) is 5.92 Å². The number of anilines is 1. The maximum Gasteiger partial charge on any atom is 0.128 e. The molecule has 2 heterocycles. The largest absolute Gasteiger partial charge is 0.359 e. The van der Waals surface area contributed by atoms with Gasteiger partial charge in [-0.2, -0.15) is 0 Å². The van der Waals surface area contributed by atoms with Crippen LogP contribution in [-0.4, -0.2) is 43.6 Å². The van der Waals surface area contributed by atoms with Gasteiger partial charge in [-0.05, 0) is 50.6 Å². The summed E-state index contributed by atoms with van der Waals surface area (Å²) in [5, 5.41) is 0. The van der Waals surface area contributed by atoms with E-state index in [0.717, 1.165) is 29.5 Å². The second kappa shape index (κ2) is 5.89. The zero-order valence-corrected chi connectivity index (χ0v) is 12.2. The van der Waals surface area contributed by atoms with Crippen molar-refractivity contribution >= 4 is 17.4 Å². The van der Waals surface area contributed by atoms with Gasteiger partial charge in [0.15, 0.2) is 0 Å². The molecule has 100 valence electrons. The van der Waals surface area contributed by atoms with Crippen LogP contribution in [0.25, 0.3) is 0 Å². The fraction of sp³-hybridized carbons (Fsp3) is 0.643. The molecule has 1 aromatic rings. The normalized spacial score (nSPS) is 20.3. The van der Waals surface area contributed by atoms with E-state index in [1.807, 2.05) is 13.0 Å². The monoisotopic (exact) mass is 267 g/mol. The van der Waals surface area contributed by atoms with Crippen LogP contribution < -0.4 is 4.90 Å². The molecule has 0 saturated carbocycles. The molecule has 0 radical (unpaired) electrons. The Hall–Kier alpha value is -0.800. The van der Waals surface area contributed by atoms with Gasteiger partial charge in [0.05, 0.1) is 0 Å². The van der Waals surface area contributed by atoms with E-state index in [4.69, 9.17) is 11.6 Å². The van der Waals surface area contributed by atoms with Crippen molar-refractivity contribution in [3.05, 3.63) is 23.4 Å². The summed E-state index contributed by atoms with van der Waals surface area (Å²) < 4.78 is 0. The number of hydrogen-bond acceptors (Lipinski definition) is 3. The first-order valence-corrected chi connectivity index (χ1v) is 7.05. The molecule has 1 fully saturated rings. The van der Waals surface area contributed by atoms with Crippen LogP contribution in [0.1, 0.15) is 17.7 Å². The van der Waals surface area contributed by atoms with Gasteiger partial charge in [-0.25, -0.2) is 4.98 Å². The molecule has 3 nitrogen and oxygen atoms in total. The molecule has 0 aromatic carbocycles. The lowest BCUT2D eigenvalue weighted by atomic mass is 10.1. The standard InChI is InChI=1S/C14H22ClN3/c1-11-6-13(8-15)7-14(16-11)18(3)10-12-4-5-17(2)9-12/h6-7,12H,4-5,8-10H2,1-3H3. The van der Waals surface area contributed by atoms with Crippen LogP contribution in [0, 0.1) is 12.8 Å². The Labute approximate surface area is 115 Å². The zero-order chi connectivity index (χ0) is 13.1. The van der Waals surface area contributed by atoms with Crippen molar-refractivity contribution in [1.29, 1.82) is 0 Å². The van der Waals surface area contributed by atoms with E-state index >= 15 is 0 Å². The molecule has 1 atom stereocenters. The van der Waals surface area contributed by atoms with E-state index in [0.29, 0.717) is 5.88 Å². The number of nitrogens with zero attached hydrogens (tertiary/aromatic N) is 3. The number of likely N-dealkylation sites (tertiary alicyclic amines) is 1. The minimum absolute atomic E-state index is 0.552. The van der Waals surface area contributed by atoms with Gasteiger partial charge in [0.1, 0.15) is 5.82 Å². The molecule has 0 bridgehead atoms. The Bertz CT molecular complexity index is 408. The number of hydrogen-bond donors (Lipinski definition) is 0. The Morgan fingerprint density at radius 2 is 2.28 bits per heavy atom. The number of aryl methyl sites for hydroxylation is 1. The van der Waals surface area contributed by atoms with Crippen LogP contribution in [0.2, 0.25) is 0 Å². The predicted molar refractivity (Wildman–Crippen MR) is 77.4 cm³/mol. The summed E-state index contributed by atoms with van der Waals surface area (Å²) in [5.41, 5.74) is 2.19. The van der Waals surface area contributed by atoms with Crippen LogP contribution in [0.5, 0.6) is 0 Å². The number of halogens is 1. The summed E-state index contributed by atoms with van der Waals surface area (Å²) >= 11 is 5.91.